The van der Waals surface area contributed by atoms with Gasteiger partial charge in [0.05, 0.1) is 5.52 Å². The Balaban J connectivity index is 1.30. The lowest BCUT2D eigenvalue weighted by molar-refractivity contribution is 0.142. The molecule has 2 heterocycles. The molecule has 1 aliphatic rings. The number of aromatic nitrogens is 1. The van der Waals surface area contributed by atoms with Crippen LogP contribution in [0.25, 0.3) is 11.1 Å². The third-order valence-electron chi connectivity index (χ3n) is 6.31. The van der Waals surface area contributed by atoms with Gasteiger partial charge in [-0.25, -0.2) is 9.59 Å². The molecule has 0 saturated carbocycles. The van der Waals surface area contributed by atoms with Gasteiger partial charge >= 0.3 is 11.8 Å². The molecule has 1 saturated heterocycles. The standard InChI is InChI=1S/C25H32N4O3/c1-18-16-28(21-12-13-22-23(15-21)32-25(31)27(22)3)17-19(2)29(18)24(30)26-14-8-7-11-20-9-5-4-6-10-20/h4-6,9-10,12-13,15,18-19H,7-8,11,14,16-17H2,1-3H3,(H,26,30). The van der Waals surface area contributed by atoms with Crippen LogP contribution >= 0.6 is 0 Å². The summed E-state index contributed by atoms with van der Waals surface area (Å²) in [4.78, 5) is 28.8. The number of carbonyl (C=O) groups is 1. The second kappa shape index (κ2) is 9.51. The van der Waals surface area contributed by atoms with Crippen LogP contribution in [-0.2, 0) is 13.5 Å². The zero-order valence-corrected chi connectivity index (χ0v) is 19.1. The maximum absolute atomic E-state index is 12.9. The van der Waals surface area contributed by atoms with Crippen molar-refractivity contribution in [2.24, 2.45) is 7.05 Å². The number of anilines is 1. The molecule has 1 fully saturated rings. The van der Waals surface area contributed by atoms with Crippen molar-refractivity contribution in [3.8, 4) is 0 Å². The largest absolute Gasteiger partial charge is 0.419 e. The summed E-state index contributed by atoms with van der Waals surface area (Å²) in [6.45, 7) is 6.31. The monoisotopic (exact) mass is 436 g/mol. The molecule has 3 aromatic rings. The van der Waals surface area contributed by atoms with Crippen molar-refractivity contribution in [2.45, 2.75) is 45.2 Å². The molecule has 2 aromatic carbocycles. The highest BCUT2D eigenvalue weighted by molar-refractivity contribution is 5.78. The van der Waals surface area contributed by atoms with Crippen LogP contribution in [-0.4, -0.2) is 47.2 Å². The third kappa shape index (κ3) is 4.66. The van der Waals surface area contributed by atoms with Crippen LogP contribution in [0.3, 0.4) is 0 Å². The second-order valence-electron chi connectivity index (χ2n) is 8.76. The van der Waals surface area contributed by atoms with Crippen molar-refractivity contribution < 1.29 is 9.21 Å². The number of hydrogen-bond acceptors (Lipinski definition) is 4. The van der Waals surface area contributed by atoms with Gasteiger partial charge in [-0.05, 0) is 50.8 Å². The predicted octanol–water partition coefficient (Wildman–Crippen LogP) is 3.76. The van der Waals surface area contributed by atoms with E-state index in [1.165, 1.54) is 10.1 Å². The molecule has 2 atom stereocenters. The molecule has 7 nitrogen and oxygen atoms in total. The van der Waals surface area contributed by atoms with Gasteiger partial charge < -0.3 is 19.5 Å². The number of nitrogens with one attached hydrogen (secondary N) is 1. The van der Waals surface area contributed by atoms with Crippen LogP contribution < -0.4 is 16.0 Å². The number of nitrogens with zero attached hydrogens (tertiary/aromatic N) is 3. The quantitative estimate of drug-likeness (QED) is 0.598. The van der Waals surface area contributed by atoms with E-state index in [1.54, 1.807) is 7.05 Å². The van der Waals surface area contributed by atoms with Crippen molar-refractivity contribution in [3.05, 3.63) is 64.6 Å². The first-order chi connectivity index (χ1) is 15.4. The Bertz CT molecular complexity index is 1110. The molecular formula is C25H32N4O3. The Morgan fingerprint density at radius 3 is 2.50 bits per heavy atom. The number of unbranched alkanes of at least 4 members (excludes halogenated alkanes) is 1. The van der Waals surface area contributed by atoms with Gasteiger partial charge in [-0.3, -0.25) is 4.57 Å². The third-order valence-corrected chi connectivity index (χ3v) is 6.31. The van der Waals surface area contributed by atoms with Crippen molar-refractivity contribution in [1.29, 1.82) is 0 Å². The normalized spacial score (nSPS) is 18.8. The molecular weight excluding hydrogens is 404 g/mol. The molecule has 1 aliphatic heterocycles. The first kappa shape index (κ1) is 22.0. The summed E-state index contributed by atoms with van der Waals surface area (Å²) in [5.74, 6) is -0.357. The highest BCUT2D eigenvalue weighted by Gasteiger charge is 2.33. The molecule has 0 radical (unpaired) electrons. The topological polar surface area (TPSA) is 70.7 Å². The summed E-state index contributed by atoms with van der Waals surface area (Å²) in [7, 11) is 1.71. The Hall–Kier alpha value is -3.22. The Morgan fingerprint density at radius 2 is 1.78 bits per heavy atom. The fraction of sp³-hybridized carbons (Fsp3) is 0.440. The van der Waals surface area contributed by atoms with E-state index in [9.17, 15) is 9.59 Å². The predicted molar refractivity (Wildman–Crippen MR) is 127 cm³/mol. The Labute approximate surface area is 188 Å². The van der Waals surface area contributed by atoms with Gasteiger partial charge in [0.15, 0.2) is 5.58 Å². The van der Waals surface area contributed by atoms with Crippen LogP contribution in [0.5, 0.6) is 0 Å². The Kier molecular flexibility index (Phi) is 6.53. The maximum atomic E-state index is 12.9. The second-order valence-corrected chi connectivity index (χ2v) is 8.76. The molecule has 2 unspecified atom stereocenters. The Morgan fingerprint density at radius 1 is 1.06 bits per heavy atom. The summed E-state index contributed by atoms with van der Waals surface area (Å²) >= 11 is 0. The van der Waals surface area contributed by atoms with Gasteiger partial charge in [0.1, 0.15) is 0 Å². The lowest BCUT2D eigenvalue weighted by Gasteiger charge is -2.45. The van der Waals surface area contributed by atoms with E-state index in [4.69, 9.17) is 4.42 Å². The fourth-order valence-corrected chi connectivity index (χ4v) is 4.64. The summed E-state index contributed by atoms with van der Waals surface area (Å²) in [5, 5.41) is 3.10. The van der Waals surface area contributed by atoms with Crippen molar-refractivity contribution in [1.82, 2.24) is 14.8 Å². The molecule has 0 spiro atoms. The zero-order valence-electron chi connectivity index (χ0n) is 19.1. The zero-order chi connectivity index (χ0) is 22.7. The minimum Gasteiger partial charge on any atom is -0.408 e. The molecule has 1 aromatic heterocycles. The molecule has 32 heavy (non-hydrogen) atoms. The first-order valence-electron chi connectivity index (χ1n) is 11.4. The van der Waals surface area contributed by atoms with Crippen LogP contribution in [0, 0.1) is 0 Å². The van der Waals surface area contributed by atoms with Gasteiger partial charge in [0.2, 0.25) is 0 Å². The first-order valence-corrected chi connectivity index (χ1v) is 11.4. The van der Waals surface area contributed by atoms with Gasteiger partial charge in [-0.1, -0.05) is 30.3 Å². The number of rotatable bonds is 6. The van der Waals surface area contributed by atoms with Gasteiger partial charge in [-0.15, -0.1) is 0 Å². The average Bonchev–Trinajstić information content (AvgIpc) is 3.06. The van der Waals surface area contributed by atoms with E-state index in [-0.39, 0.29) is 23.9 Å². The highest BCUT2D eigenvalue weighted by Crippen LogP contribution is 2.26. The number of fused-ring (bicyclic) bond motifs is 1. The van der Waals surface area contributed by atoms with Gasteiger partial charge in [0, 0.05) is 50.5 Å². The van der Waals surface area contributed by atoms with Crippen molar-refractivity contribution in [3.63, 3.8) is 0 Å². The molecule has 7 heteroatoms. The lowest BCUT2D eigenvalue weighted by Crippen LogP contribution is -2.61. The SMILES string of the molecule is CC1CN(c2ccc3c(c2)oc(=O)n3C)CC(C)N1C(=O)NCCCCc1ccccc1. The maximum Gasteiger partial charge on any atom is 0.419 e. The van der Waals surface area contributed by atoms with Crippen LogP contribution in [0.1, 0.15) is 32.3 Å². The van der Waals surface area contributed by atoms with E-state index in [0.29, 0.717) is 12.1 Å². The molecule has 2 amide bonds. The number of amides is 2. The number of benzene rings is 2. The fourth-order valence-electron chi connectivity index (χ4n) is 4.64. The van der Waals surface area contributed by atoms with Crippen molar-refractivity contribution >= 4 is 22.8 Å². The van der Waals surface area contributed by atoms with E-state index in [0.717, 1.165) is 43.6 Å². The van der Waals surface area contributed by atoms with Crippen LogP contribution in [0.2, 0.25) is 0 Å². The minimum atomic E-state index is -0.357. The summed E-state index contributed by atoms with van der Waals surface area (Å²) in [5.41, 5.74) is 3.72. The van der Waals surface area contributed by atoms with Gasteiger partial charge in [-0.2, -0.15) is 0 Å². The van der Waals surface area contributed by atoms with Crippen LogP contribution in [0.4, 0.5) is 10.5 Å². The number of oxazole rings is 1. The summed E-state index contributed by atoms with van der Waals surface area (Å²) in [6.07, 6.45) is 3.06. The number of aryl methyl sites for hydroxylation is 2. The van der Waals surface area contributed by atoms with E-state index < -0.39 is 0 Å². The number of carbonyl (C=O) groups excluding carboxylic acids is 1. The van der Waals surface area contributed by atoms with Crippen molar-refractivity contribution in [2.75, 3.05) is 24.5 Å². The molecule has 4 rings (SSSR count). The van der Waals surface area contributed by atoms with E-state index in [2.05, 4.69) is 48.3 Å². The average molecular weight is 437 g/mol. The van der Waals surface area contributed by atoms with E-state index in [1.807, 2.05) is 29.2 Å². The molecule has 170 valence electrons. The number of piperazine rings is 1. The summed E-state index contributed by atoms with van der Waals surface area (Å²) in [6, 6.07) is 16.4. The smallest absolute Gasteiger partial charge is 0.408 e. The highest BCUT2D eigenvalue weighted by atomic mass is 16.4. The molecule has 1 N–H and O–H groups in total. The lowest BCUT2D eigenvalue weighted by atomic mass is 10.1. The minimum absolute atomic E-state index is 0.00821. The number of hydrogen-bond donors (Lipinski definition) is 1. The molecule has 0 aliphatic carbocycles. The van der Waals surface area contributed by atoms with Gasteiger partial charge in [0.25, 0.3) is 0 Å². The summed E-state index contributed by atoms with van der Waals surface area (Å²) < 4.78 is 6.85. The number of urea groups is 1. The molecule has 0 bridgehead atoms. The van der Waals surface area contributed by atoms with Crippen LogP contribution in [0.15, 0.2) is 57.7 Å². The van der Waals surface area contributed by atoms with E-state index >= 15 is 0 Å².